The van der Waals surface area contributed by atoms with Crippen molar-refractivity contribution in [3.8, 4) is 0 Å². The van der Waals surface area contributed by atoms with Crippen LogP contribution >= 0.6 is 11.6 Å². The molecule has 3 heteroatoms. The number of halogens is 1. The number of carbonyl (C=O) groups is 1. The molecule has 1 amide bonds. The minimum absolute atomic E-state index is 0.122. The summed E-state index contributed by atoms with van der Waals surface area (Å²) in [5, 5.41) is 0.122. The highest BCUT2D eigenvalue weighted by Crippen LogP contribution is 2.26. The molecule has 0 radical (unpaired) electrons. The maximum Gasteiger partial charge on any atom is 0.254 e. The zero-order chi connectivity index (χ0) is 14.0. The van der Waals surface area contributed by atoms with E-state index >= 15 is 0 Å². The van der Waals surface area contributed by atoms with Crippen LogP contribution in [0.15, 0.2) is 18.2 Å². The third-order valence-corrected chi connectivity index (χ3v) is 4.11. The number of amides is 1. The summed E-state index contributed by atoms with van der Waals surface area (Å²) in [7, 11) is 0. The molecular formula is C16H22ClNO. The fourth-order valence-corrected chi connectivity index (χ4v) is 3.22. The van der Waals surface area contributed by atoms with Crippen LogP contribution in [0.4, 0.5) is 0 Å². The molecule has 2 nitrogen and oxygen atoms in total. The third kappa shape index (κ3) is 3.11. The van der Waals surface area contributed by atoms with Gasteiger partial charge >= 0.3 is 0 Å². The SMILES string of the molecule is Cc1cccc(C)c1C(=O)N1CCCC1CC(C)Cl. The minimum Gasteiger partial charge on any atom is -0.336 e. The molecule has 0 saturated carbocycles. The Hall–Kier alpha value is -1.02. The van der Waals surface area contributed by atoms with Gasteiger partial charge in [0.25, 0.3) is 5.91 Å². The van der Waals surface area contributed by atoms with Crippen LogP contribution in [-0.2, 0) is 0 Å². The standard InChI is InChI=1S/C16H22ClNO/c1-11-6-4-7-12(2)15(11)16(19)18-9-5-8-14(18)10-13(3)17/h4,6-7,13-14H,5,8-10H2,1-3H3. The first-order chi connectivity index (χ1) is 9.00. The van der Waals surface area contributed by atoms with E-state index in [1.807, 2.05) is 43.9 Å². The second kappa shape index (κ2) is 5.96. The van der Waals surface area contributed by atoms with Gasteiger partial charge < -0.3 is 4.90 Å². The summed E-state index contributed by atoms with van der Waals surface area (Å²) in [6.45, 7) is 6.88. The predicted octanol–water partition coefficient (Wildman–Crippen LogP) is 3.93. The Balaban J connectivity index is 2.23. The highest BCUT2D eigenvalue weighted by Gasteiger charge is 2.31. The summed E-state index contributed by atoms with van der Waals surface area (Å²) in [5.74, 6) is 0.176. The first-order valence-electron chi connectivity index (χ1n) is 7.02. The van der Waals surface area contributed by atoms with Gasteiger partial charge in [0.15, 0.2) is 0 Å². The van der Waals surface area contributed by atoms with Gasteiger partial charge in [0.05, 0.1) is 0 Å². The number of nitrogens with zero attached hydrogens (tertiary/aromatic N) is 1. The molecule has 0 aliphatic carbocycles. The van der Waals surface area contributed by atoms with Crippen molar-refractivity contribution < 1.29 is 4.79 Å². The summed E-state index contributed by atoms with van der Waals surface area (Å²) < 4.78 is 0. The number of hydrogen-bond acceptors (Lipinski definition) is 1. The van der Waals surface area contributed by atoms with E-state index in [0.29, 0.717) is 6.04 Å². The van der Waals surface area contributed by atoms with Crippen molar-refractivity contribution in [2.45, 2.75) is 51.5 Å². The van der Waals surface area contributed by atoms with E-state index in [1.165, 1.54) is 0 Å². The van der Waals surface area contributed by atoms with E-state index in [-0.39, 0.29) is 11.3 Å². The molecule has 1 aromatic rings. The number of alkyl halides is 1. The van der Waals surface area contributed by atoms with Crippen LogP contribution in [0.1, 0.15) is 47.7 Å². The quantitative estimate of drug-likeness (QED) is 0.768. The van der Waals surface area contributed by atoms with Gasteiger partial charge in [0, 0.05) is 23.5 Å². The molecule has 1 aliphatic heterocycles. The minimum atomic E-state index is 0.122. The summed E-state index contributed by atoms with van der Waals surface area (Å²) in [4.78, 5) is 14.8. The Bertz CT molecular complexity index is 450. The molecule has 0 aromatic heterocycles. The molecule has 1 aromatic carbocycles. The van der Waals surface area contributed by atoms with Crippen molar-refractivity contribution >= 4 is 17.5 Å². The van der Waals surface area contributed by atoms with Gasteiger partial charge in [-0.3, -0.25) is 4.79 Å². The molecule has 2 rings (SSSR count). The zero-order valence-corrected chi connectivity index (χ0v) is 12.7. The van der Waals surface area contributed by atoms with Gasteiger partial charge in [0.1, 0.15) is 0 Å². The van der Waals surface area contributed by atoms with Crippen LogP contribution in [0, 0.1) is 13.8 Å². The van der Waals surface area contributed by atoms with Crippen LogP contribution in [0.3, 0.4) is 0 Å². The van der Waals surface area contributed by atoms with Crippen LogP contribution in [0.2, 0.25) is 0 Å². The lowest BCUT2D eigenvalue weighted by molar-refractivity contribution is 0.0729. The lowest BCUT2D eigenvalue weighted by atomic mass is 10.0. The van der Waals surface area contributed by atoms with E-state index in [0.717, 1.165) is 42.5 Å². The maximum atomic E-state index is 12.8. The number of carbonyl (C=O) groups excluding carboxylic acids is 1. The second-order valence-electron chi connectivity index (χ2n) is 5.58. The van der Waals surface area contributed by atoms with Crippen molar-refractivity contribution in [3.63, 3.8) is 0 Å². The predicted molar refractivity (Wildman–Crippen MR) is 79.9 cm³/mol. The van der Waals surface area contributed by atoms with Crippen LogP contribution < -0.4 is 0 Å². The summed E-state index contributed by atoms with van der Waals surface area (Å²) in [6.07, 6.45) is 3.05. The van der Waals surface area contributed by atoms with Crippen molar-refractivity contribution in [1.29, 1.82) is 0 Å². The number of benzene rings is 1. The monoisotopic (exact) mass is 279 g/mol. The van der Waals surface area contributed by atoms with Gasteiger partial charge in [-0.1, -0.05) is 18.2 Å². The summed E-state index contributed by atoms with van der Waals surface area (Å²) in [6, 6.07) is 6.33. The lowest BCUT2D eigenvalue weighted by Crippen LogP contribution is -2.37. The van der Waals surface area contributed by atoms with Crippen LogP contribution in [-0.4, -0.2) is 28.8 Å². The Morgan fingerprint density at radius 3 is 2.63 bits per heavy atom. The van der Waals surface area contributed by atoms with Crippen molar-refractivity contribution in [2.24, 2.45) is 0 Å². The third-order valence-electron chi connectivity index (χ3n) is 3.93. The van der Waals surface area contributed by atoms with Gasteiger partial charge in [-0.05, 0) is 51.2 Å². The Labute approximate surface area is 120 Å². The first-order valence-corrected chi connectivity index (χ1v) is 7.45. The fourth-order valence-electron chi connectivity index (χ4n) is 3.02. The van der Waals surface area contributed by atoms with Crippen LogP contribution in [0.25, 0.3) is 0 Å². The Morgan fingerprint density at radius 1 is 1.42 bits per heavy atom. The highest BCUT2D eigenvalue weighted by molar-refractivity contribution is 6.20. The van der Waals surface area contributed by atoms with Crippen LogP contribution in [0.5, 0.6) is 0 Å². The average Bonchev–Trinajstić information content (AvgIpc) is 2.75. The van der Waals surface area contributed by atoms with E-state index in [4.69, 9.17) is 11.6 Å². The molecule has 1 fully saturated rings. The smallest absolute Gasteiger partial charge is 0.254 e. The first kappa shape index (κ1) is 14.4. The highest BCUT2D eigenvalue weighted by atomic mass is 35.5. The van der Waals surface area contributed by atoms with Crippen molar-refractivity contribution in [3.05, 3.63) is 34.9 Å². The molecule has 2 atom stereocenters. The molecule has 2 unspecified atom stereocenters. The number of aryl methyl sites for hydroxylation is 2. The van der Waals surface area contributed by atoms with E-state index in [1.54, 1.807) is 0 Å². The number of hydrogen-bond donors (Lipinski definition) is 0. The lowest BCUT2D eigenvalue weighted by Gasteiger charge is -2.27. The molecule has 1 heterocycles. The summed E-state index contributed by atoms with van der Waals surface area (Å²) in [5.41, 5.74) is 3.00. The fraction of sp³-hybridized carbons (Fsp3) is 0.562. The van der Waals surface area contributed by atoms with E-state index < -0.39 is 0 Å². The average molecular weight is 280 g/mol. The molecule has 1 saturated heterocycles. The molecule has 0 bridgehead atoms. The number of likely N-dealkylation sites (tertiary alicyclic amines) is 1. The van der Waals surface area contributed by atoms with E-state index in [9.17, 15) is 4.79 Å². The zero-order valence-electron chi connectivity index (χ0n) is 11.9. The van der Waals surface area contributed by atoms with Gasteiger partial charge in [-0.15, -0.1) is 11.6 Å². The van der Waals surface area contributed by atoms with Crippen molar-refractivity contribution in [1.82, 2.24) is 4.90 Å². The molecular weight excluding hydrogens is 258 g/mol. The van der Waals surface area contributed by atoms with Gasteiger partial charge in [0.2, 0.25) is 0 Å². The Morgan fingerprint density at radius 2 is 2.05 bits per heavy atom. The van der Waals surface area contributed by atoms with Gasteiger partial charge in [-0.25, -0.2) is 0 Å². The molecule has 1 aliphatic rings. The van der Waals surface area contributed by atoms with E-state index in [2.05, 4.69) is 0 Å². The summed E-state index contributed by atoms with van der Waals surface area (Å²) >= 11 is 6.10. The van der Waals surface area contributed by atoms with Crippen molar-refractivity contribution in [2.75, 3.05) is 6.54 Å². The normalized spacial score (nSPS) is 20.6. The second-order valence-corrected chi connectivity index (χ2v) is 6.32. The molecule has 104 valence electrons. The van der Waals surface area contributed by atoms with Gasteiger partial charge in [-0.2, -0.15) is 0 Å². The topological polar surface area (TPSA) is 20.3 Å². The largest absolute Gasteiger partial charge is 0.336 e. The number of rotatable bonds is 3. The maximum absolute atomic E-state index is 12.8. The molecule has 0 spiro atoms. The molecule has 19 heavy (non-hydrogen) atoms. The molecule has 0 N–H and O–H groups in total. The Kier molecular flexibility index (Phi) is 4.51.